The zero-order valence-electron chi connectivity index (χ0n) is 27.6. The van der Waals surface area contributed by atoms with E-state index in [9.17, 15) is 9.59 Å². The Labute approximate surface area is 280 Å². The summed E-state index contributed by atoms with van der Waals surface area (Å²) in [5.74, 6) is 1.83. The summed E-state index contributed by atoms with van der Waals surface area (Å²) in [7, 11) is 3.13. The summed E-state index contributed by atoms with van der Waals surface area (Å²) in [6, 6.07) is 14.8. The second kappa shape index (κ2) is 13.0. The Balaban J connectivity index is 1.05. The van der Waals surface area contributed by atoms with Gasteiger partial charge in [0.15, 0.2) is 23.0 Å². The zero-order valence-corrected chi connectivity index (χ0v) is 27.6. The molecule has 2 amide bonds. The minimum Gasteiger partial charge on any atom is -0.493 e. The van der Waals surface area contributed by atoms with E-state index in [1.807, 2.05) is 60.3 Å². The Hall–Kier alpha value is -5.38. The zero-order chi connectivity index (χ0) is 33.4. The van der Waals surface area contributed by atoms with Gasteiger partial charge in [0.05, 0.1) is 48.8 Å². The van der Waals surface area contributed by atoms with Crippen LogP contribution in [0.25, 0.3) is 0 Å². The Morgan fingerprint density at radius 2 is 1.15 bits per heavy atom. The predicted octanol–water partition coefficient (Wildman–Crippen LogP) is 6.62. The van der Waals surface area contributed by atoms with Crippen molar-refractivity contribution in [2.75, 3.05) is 27.3 Å². The van der Waals surface area contributed by atoms with Crippen molar-refractivity contribution in [3.63, 3.8) is 0 Å². The van der Waals surface area contributed by atoms with E-state index in [0.29, 0.717) is 58.6 Å². The number of allylic oxidation sites excluding steroid dienone is 2. The number of aliphatic imine (C=N–C) groups is 2. The largest absolute Gasteiger partial charge is 0.493 e. The highest BCUT2D eigenvalue weighted by atomic mass is 16.5. The van der Waals surface area contributed by atoms with Gasteiger partial charge in [0.25, 0.3) is 11.8 Å². The number of amides is 2. The molecule has 3 aromatic carbocycles. The lowest BCUT2D eigenvalue weighted by Gasteiger charge is -2.20. The van der Waals surface area contributed by atoms with E-state index >= 15 is 0 Å². The average molecular weight is 647 g/mol. The number of hydrogen-bond donors (Lipinski definition) is 0. The maximum absolute atomic E-state index is 13.4. The molecule has 4 heterocycles. The number of rotatable bonds is 8. The summed E-state index contributed by atoms with van der Waals surface area (Å²) in [6.45, 7) is 5.76. The van der Waals surface area contributed by atoms with Crippen molar-refractivity contribution in [2.24, 2.45) is 9.98 Å². The van der Waals surface area contributed by atoms with Gasteiger partial charge in [-0.3, -0.25) is 19.6 Å². The number of carbonyl (C=O) groups excluding carboxylic acids is 2. The Bertz CT molecular complexity index is 1780. The third-order valence-electron chi connectivity index (χ3n) is 9.40. The van der Waals surface area contributed by atoms with Crippen LogP contribution in [-0.4, -0.2) is 73.4 Å². The number of hydrogen-bond acceptors (Lipinski definition) is 8. The summed E-state index contributed by atoms with van der Waals surface area (Å²) in [4.78, 5) is 39.9. The smallest absolute Gasteiger partial charge is 0.257 e. The van der Waals surface area contributed by atoms with Crippen LogP contribution in [0.4, 0.5) is 11.4 Å². The summed E-state index contributed by atoms with van der Waals surface area (Å²) < 4.78 is 23.7. The second-order valence-electron chi connectivity index (χ2n) is 12.3. The maximum Gasteiger partial charge on any atom is 0.257 e. The van der Waals surface area contributed by atoms with Gasteiger partial charge in [0.2, 0.25) is 0 Å². The normalized spacial score (nSPS) is 21.1. The lowest BCUT2D eigenvalue weighted by atomic mass is 10.1. The fourth-order valence-corrected chi connectivity index (χ4v) is 6.66. The molecule has 2 saturated heterocycles. The van der Waals surface area contributed by atoms with Gasteiger partial charge in [-0.05, 0) is 56.0 Å². The maximum atomic E-state index is 13.4. The number of benzene rings is 3. The molecule has 0 N–H and O–H groups in total. The Morgan fingerprint density at radius 1 is 0.688 bits per heavy atom. The summed E-state index contributed by atoms with van der Waals surface area (Å²) in [5, 5.41) is 0. The van der Waals surface area contributed by atoms with Crippen LogP contribution < -0.4 is 18.9 Å². The first-order chi connectivity index (χ1) is 23.4. The van der Waals surface area contributed by atoms with Crippen molar-refractivity contribution in [2.45, 2.75) is 52.0 Å². The van der Waals surface area contributed by atoms with Crippen LogP contribution in [0.15, 0.2) is 81.8 Å². The lowest BCUT2D eigenvalue weighted by Crippen LogP contribution is -2.35. The third kappa shape index (κ3) is 5.83. The van der Waals surface area contributed by atoms with Crippen molar-refractivity contribution in [3.05, 3.63) is 94.1 Å². The van der Waals surface area contributed by atoms with Gasteiger partial charge in [-0.2, -0.15) is 0 Å². The molecule has 0 spiro atoms. The van der Waals surface area contributed by atoms with Crippen molar-refractivity contribution in [1.29, 1.82) is 0 Å². The summed E-state index contributed by atoms with van der Waals surface area (Å²) in [5.41, 5.74) is 6.46. The third-order valence-corrected chi connectivity index (χ3v) is 9.40. The highest BCUT2D eigenvalue weighted by molar-refractivity contribution is 6.04. The molecule has 0 saturated carbocycles. The Kier molecular flexibility index (Phi) is 8.47. The van der Waals surface area contributed by atoms with Crippen molar-refractivity contribution < 1.29 is 28.5 Å². The summed E-state index contributed by atoms with van der Waals surface area (Å²) >= 11 is 0. The number of ether oxygens (including phenoxy) is 4. The SMILES string of the molecule is CC=C1C[C@H]2C=Nc3cc(OCc4cccc(COc5cc6c(cc5OC)C(=O)N5CC(=CC)C[C@H]5C=N6)c4)c(OC)cc3C(=O)N2C1. The molecule has 0 unspecified atom stereocenters. The molecule has 7 rings (SSSR count). The number of nitrogens with zero attached hydrogens (tertiary/aromatic N) is 4. The van der Waals surface area contributed by atoms with Crippen molar-refractivity contribution >= 4 is 35.6 Å². The fraction of sp³-hybridized carbons (Fsp3) is 0.316. The molecule has 2 atom stereocenters. The minimum atomic E-state index is -0.0604. The van der Waals surface area contributed by atoms with Crippen LogP contribution in [0.5, 0.6) is 23.0 Å². The van der Waals surface area contributed by atoms with Crippen molar-refractivity contribution in [3.8, 4) is 23.0 Å². The highest BCUT2D eigenvalue weighted by Crippen LogP contribution is 2.40. The fourth-order valence-electron chi connectivity index (χ4n) is 6.66. The van der Waals surface area contributed by atoms with Gasteiger partial charge in [0, 0.05) is 37.7 Å². The first-order valence-corrected chi connectivity index (χ1v) is 16.1. The molecule has 246 valence electrons. The van der Waals surface area contributed by atoms with Crippen LogP contribution in [0.3, 0.4) is 0 Å². The minimum absolute atomic E-state index is 0.0538. The molecule has 4 aliphatic rings. The molecule has 0 aromatic heterocycles. The lowest BCUT2D eigenvalue weighted by molar-refractivity contribution is 0.0769. The van der Waals surface area contributed by atoms with Crippen LogP contribution >= 0.6 is 0 Å². The number of carbonyl (C=O) groups is 2. The molecular formula is C38H38N4O6. The molecule has 2 fully saturated rings. The van der Waals surface area contributed by atoms with E-state index in [0.717, 1.165) is 24.0 Å². The van der Waals surface area contributed by atoms with E-state index < -0.39 is 0 Å². The molecule has 0 aliphatic carbocycles. The van der Waals surface area contributed by atoms with Crippen LogP contribution in [-0.2, 0) is 13.2 Å². The number of methoxy groups -OCH3 is 2. The number of fused-ring (bicyclic) bond motifs is 4. The first-order valence-electron chi connectivity index (χ1n) is 16.1. The molecule has 4 aliphatic heterocycles. The van der Waals surface area contributed by atoms with Gasteiger partial charge in [-0.1, -0.05) is 41.5 Å². The summed E-state index contributed by atoms with van der Waals surface area (Å²) in [6.07, 6.45) is 9.44. The average Bonchev–Trinajstić information content (AvgIpc) is 3.68. The van der Waals surface area contributed by atoms with E-state index in [-0.39, 0.29) is 37.1 Å². The molecule has 3 aromatic rings. The van der Waals surface area contributed by atoms with E-state index in [4.69, 9.17) is 18.9 Å². The van der Waals surface area contributed by atoms with Gasteiger partial charge in [0.1, 0.15) is 13.2 Å². The van der Waals surface area contributed by atoms with E-state index in [1.54, 1.807) is 38.5 Å². The van der Waals surface area contributed by atoms with Gasteiger partial charge >= 0.3 is 0 Å². The molecular weight excluding hydrogens is 608 g/mol. The van der Waals surface area contributed by atoms with Gasteiger partial charge < -0.3 is 28.7 Å². The standard InChI is InChI=1S/C38H38N4O6/c1-5-23-11-27-17-39-31-15-35(33(45-3)13-29(31)37(43)41(27)19-23)47-21-25-8-7-9-26(10-25)22-48-36-16-32-30(14-34(36)46-4)38(44)42-20-24(6-2)12-28(42)18-40-32/h5-10,13-18,27-28H,11-12,19-22H2,1-4H3/t27-,28-/m0/s1. The van der Waals surface area contributed by atoms with E-state index in [2.05, 4.69) is 22.1 Å². The Morgan fingerprint density at radius 3 is 1.56 bits per heavy atom. The molecule has 10 heteroatoms. The van der Waals surface area contributed by atoms with E-state index in [1.165, 1.54) is 11.1 Å². The second-order valence-corrected chi connectivity index (χ2v) is 12.3. The van der Waals surface area contributed by atoms with Crippen LogP contribution in [0, 0.1) is 0 Å². The molecule has 10 nitrogen and oxygen atoms in total. The van der Waals surface area contributed by atoms with Gasteiger partial charge in [-0.25, -0.2) is 0 Å². The predicted molar refractivity (Wildman–Crippen MR) is 184 cm³/mol. The molecule has 0 bridgehead atoms. The molecule has 0 radical (unpaired) electrons. The van der Waals surface area contributed by atoms with Crippen LogP contribution in [0.2, 0.25) is 0 Å². The monoisotopic (exact) mass is 646 g/mol. The van der Waals surface area contributed by atoms with Crippen molar-refractivity contribution in [1.82, 2.24) is 9.80 Å². The quantitative estimate of drug-likeness (QED) is 0.255. The first kappa shape index (κ1) is 31.2. The van der Waals surface area contributed by atoms with Gasteiger partial charge in [-0.15, -0.1) is 0 Å². The topological polar surface area (TPSA) is 102 Å². The highest BCUT2D eigenvalue weighted by Gasteiger charge is 2.36. The van der Waals surface area contributed by atoms with Crippen LogP contribution in [0.1, 0.15) is 58.5 Å². The molecule has 48 heavy (non-hydrogen) atoms.